The van der Waals surface area contributed by atoms with E-state index in [2.05, 4.69) is 60.7 Å². The van der Waals surface area contributed by atoms with Gasteiger partial charge in [0.1, 0.15) is 13.1 Å². The lowest BCUT2D eigenvalue weighted by Crippen LogP contribution is -2.70. The molecule has 234 valence electrons. The van der Waals surface area contributed by atoms with Crippen LogP contribution in [0.2, 0.25) is 30.1 Å². The predicted molar refractivity (Wildman–Crippen MR) is 202 cm³/mol. The molecule has 0 bridgehead atoms. The number of hydrogen-bond acceptors (Lipinski definition) is 0. The highest BCUT2D eigenvalue weighted by atomic mass is 35.5. The number of quaternary nitrogens is 1. The summed E-state index contributed by atoms with van der Waals surface area (Å²) in [5.74, 6) is 0. The Kier molecular flexibility index (Phi) is 7.17. The lowest BCUT2D eigenvalue weighted by molar-refractivity contribution is -1.01. The van der Waals surface area contributed by atoms with Gasteiger partial charge in [0.25, 0.3) is 0 Å². The number of fused-ring (bicyclic) bond motifs is 7. The van der Waals surface area contributed by atoms with E-state index in [1.807, 2.05) is 24.3 Å². The SMILES string of the molecule is Clc1cc(-c2cc3ccccc3c3c2C[N+]2(Cc4c(-c5cc(Cl)c(Cl)c(Cl)c5)cc5ccccc5c4-3)CC3(CCC3)C2)cc(Cl)c1Cl. The normalized spacial score (nSPS) is 17.3. The van der Waals surface area contributed by atoms with Gasteiger partial charge in [0.05, 0.1) is 48.6 Å². The first-order valence-corrected chi connectivity index (χ1v) is 18.2. The van der Waals surface area contributed by atoms with Gasteiger partial charge >= 0.3 is 0 Å². The van der Waals surface area contributed by atoms with E-state index < -0.39 is 0 Å². The van der Waals surface area contributed by atoms with E-state index >= 15 is 0 Å². The van der Waals surface area contributed by atoms with E-state index in [1.54, 1.807) is 0 Å². The molecule has 1 nitrogen and oxygen atoms in total. The van der Waals surface area contributed by atoms with Crippen LogP contribution in [0, 0.1) is 5.41 Å². The summed E-state index contributed by atoms with van der Waals surface area (Å²) in [6.45, 7) is 4.13. The number of halogens is 6. The number of rotatable bonds is 2. The molecule has 2 heterocycles. The molecular weight excluding hydrogens is 707 g/mol. The number of nitrogens with zero attached hydrogens (tertiary/aromatic N) is 1. The first-order valence-electron chi connectivity index (χ1n) is 15.9. The van der Waals surface area contributed by atoms with Crippen molar-refractivity contribution in [1.82, 2.24) is 0 Å². The summed E-state index contributed by atoms with van der Waals surface area (Å²) < 4.78 is 0.987. The molecule has 0 N–H and O–H groups in total. The molecule has 2 fully saturated rings. The summed E-state index contributed by atoms with van der Waals surface area (Å²) in [4.78, 5) is 0. The minimum atomic E-state index is 0.378. The predicted octanol–water partition coefficient (Wildman–Crippen LogP) is 13.9. The third-order valence-corrected chi connectivity index (χ3v) is 13.3. The Labute approximate surface area is 304 Å². The van der Waals surface area contributed by atoms with Crippen LogP contribution in [0.1, 0.15) is 30.4 Å². The van der Waals surface area contributed by atoms with E-state index in [4.69, 9.17) is 69.6 Å². The number of benzene rings is 6. The van der Waals surface area contributed by atoms with Gasteiger partial charge in [0, 0.05) is 22.3 Å². The van der Waals surface area contributed by atoms with Crippen LogP contribution in [0.3, 0.4) is 0 Å². The molecule has 3 aliphatic rings. The first kappa shape index (κ1) is 30.6. The highest BCUT2D eigenvalue weighted by Crippen LogP contribution is 2.58. The van der Waals surface area contributed by atoms with Crippen molar-refractivity contribution >= 4 is 91.2 Å². The molecule has 6 aromatic rings. The van der Waals surface area contributed by atoms with E-state index in [0.29, 0.717) is 35.6 Å². The molecular formula is C40H28Cl6N+. The van der Waals surface area contributed by atoms with Crippen LogP contribution in [-0.4, -0.2) is 17.6 Å². The summed E-state index contributed by atoms with van der Waals surface area (Å²) in [5.41, 5.74) is 9.86. The highest BCUT2D eigenvalue weighted by Gasteiger charge is 2.59. The van der Waals surface area contributed by atoms with Crippen molar-refractivity contribution in [3.63, 3.8) is 0 Å². The van der Waals surface area contributed by atoms with Gasteiger partial charge in [-0.1, -0.05) is 125 Å². The molecule has 9 rings (SSSR count). The molecule has 1 saturated carbocycles. The standard InChI is InChI=1S/C40H28Cl6N/c41-32-14-24(15-33(42)38(32)45)28-12-22-6-1-3-8-26(22)36-30(28)18-47(20-40(21-47)10-5-11-40)19-31-29(25-16-34(43)39(46)35(44)17-25)13-23-7-2-4-9-27(23)37(31)36/h1-4,6-9,12-17H,5,10-11,18-21H2/q+1. The second-order valence-electron chi connectivity index (χ2n) is 13.8. The minimum absolute atomic E-state index is 0.378. The molecule has 0 radical (unpaired) electrons. The van der Waals surface area contributed by atoms with Gasteiger partial charge in [0.15, 0.2) is 0 Å². The maximum atomic E-state index is 6.69. The van der Waals surface area contributed by atoms with E-state index in [0.717, 1.165) is 63.7 Å². The maximum Gasteiger partial charge on any atom is 0.106 e. The van der Waals surface area contributed by atoms with Gasteiger partial charge in [-0.3, -0.25) is 0 Å². The van der Waals surface area contributed by atoms with Gasteiger partial charge in [-0.25, -0.2) is 0 Å². The third-order valence-electron chi connectivity index (χ3n) is 10.9. The number of hydrogen-bond donors (Lipinski definition) is 0. The summed E-state index contributed by atoms with van der Waals surface area (Å²) >= 11 is 39.7. The molecule has 0 atom stereocenters. The first-order chi connectivity index (χ1) is 22.6. The summed E-state index contributed by atoms with van der Waals surface area (Å²) in [5, 5.41) is 7.35. The Balaban J connectivity index is 1.44. The van der Waals surface area contributed by atoms with Gasteiger partial charge in [0.2, 0.25) is 0 Å². The van der Waals surface area contributed by atoms with Crippen molar-refractivity contribution in [2.45, 2.75) is 32.4 Å². The van der Waals surface area contributed by atoms with Crippen LogP contribution in [0.25, 0.3) is 54.9 Å². The summed E-state index contributed by atoms with van der Waals surface area (Å²) in [7, 11) is 0. The summed E-state index contributed by atoms with van der Waals surface area (Å²) in [6, 6.07) is 29.9. The molecule has 2 aliphatic heterocycles. The summed E-state index contributed by atoms with van der Waals surface area (Å²) in [6.07, 6.45) is 3.95. The molecule has 47 heavy (non-hydrogen) atoms. The minimum Gasteiger partial charge on any atom is -0.315 e. The second-order valence-corrected chi connectivity index (χ2v) is 16.2. The lowest BCUT2D eigenvalue weighted by atomic mass is 9.62. The quantitative estimate of drug-likeness (QED) is 0.123. The van der Waals surface area contributed by atoms with Gasteiger partial charge in [-0.15, -0.1) is 0 Å². The van der Waals surface area contributed by atoms with Crippen LogP contribution in [0.4, 0.5) is 0 Å². The van der Waals surface area contributed by atoms with E-state index in [-0.39, 0.29) is 0 Å². The van der Waals surface area contributed by atoms with Gasteiger partial charge in [-0.05, 0) is 93.0 Å². The molecule has 0 unspecified atom stereocenters. The fourth-order valence-electron chi connectivity index (χ4n) is 8.94. The van der Waals surface area contributed by atoms with Crippen molar-refractivity contribution in [3.05, 3.63) is 126 Å². The Morgan fingerprint density at radius 3 is 1.30 bits per heavy atom. The lowest BCUT2D eigenvalue weighted by Gasteiger charge is -2.61. The van der Waals surface area contributed by atoms with Crippen molar-refractivity contribution in [2.75, 3.05) is 13.1 Å². The molecule has 0 aromatic heterocycles. The zero-order valence-electron chi connectivity index (χ0n) is 25.2. The zero-order valence-corrected chi connectivity index (χ0v) is 29.8. The van der Waals surface area contributed by atoms with E-state index in [1.165, 1.54) is 52.3 Å². The Bertz CT molecular complexity index is 2120. The molecule has 2 spiro atoms. The topological polar surface area (TPSA) is 0 Å². The molecule has 1 aliphatic carbocycles. The monoisotopic (exact) mass is 732 g/mol. The Hall–Kier alpha value is -2.46. The average molecular weight is 735 g/mol. The van der Waals surface area contributed by atoms with Crippen molar-refractivity contribution < 1.29 is 4.48 Å². The maximum absolute atomic E-state index is 6.69. The fourth-order valence-corrected chi connectivity index (χ4v) is 10.1. The van der Waals surface area contributed by atoms with Gasteiger partial charge in [-0.2, -0.15) is 0 Å². The van der Waals surface area contributed by atoms with Crippen LogP contribution in [0.5, 0.6) is 0 Å². The zero-order chi connectivity index (χ0) is 32.2. The van der Waals surface area contributed by atoms with Crippen LogP contribution < -0.4 is 0 Å². The van der Waals surface area contributed by atoms with E-state index in [9.17, 15) is 0 Å². The third kappa shape index (κ3) is 4.77. The second kappa shape index (κ2) is 11.0. The Morgan fingerprint density at radius 2 is 0.915 bits per heavy atom. The van der Waals surface area contributed by atoms with Crippen LogP contribution in [-0.2, 0) is 13.1 Å². The van der Waals surface area contributed by atoms with Crippen LogP contribution in [0.15, 0.2) is 84.9 Å². The smallest absolute Gasteiger partial charge is 0.106 e. The highest BCUT2D eigenvalue weighted by molar-refractivity contribution is 6.49. The van der Waals surface area contributed by atoms with Crippen molar-refractivity contribution in [3.8, 4) is 33.4 Å². The Morgan fingerprint density at radius 1 is 0.511 bits per heavy atom. The van der Waals surface area contributed by atoms with Crippen molar-refractivity contribution in [1.29, 1.82) is 0 Å². The average Bonchev–Trinajstić information content (AvgIpc) is 3.19. The van der Waals surface area contributed by atoms with Gasteiger partial charge < -0.3 is 4.48 Å². The van der Waals surface area contributed by atoms with Crippen molar-refractivity contribution in [2.24, 2.45) is 5.41 Å². The molecule has 1 saturated heterocycles. The largest absolute Gasteiger partial charge is 0.315 e. The molecule has 0 amide bonds. The molecule has 7 heteroatoms. The molecule has 6 aromatic carbocycles. The fraction of sp³-hybridized carbons (Fsp3) is 0.200. The van der Waals surface area contributed by atoms with Crippen LogP contribution >= 0.6 is 69.6 Å².